The molecule has 0 aliphatic carbocycles. The Morgan fingerprint density at radius 3 is 2.79 bits per heavy atom. The number of hydrogen-bond donors (Lipinski definition) is 2. The highest BCUT2D eigenvalue weighted by Crippen LogP contribution is 2.25. The average molecular weight is 429 g/mol. The molecule has 0 bridgehead atoms. The molecule has 154 valence electrons. The highest BCUT2D eigenvalue weighted by molar-refractivity contribution is 5.95. The van der Waals surface area contributed by atoms with Crippen molar-refractivity contribution < 1.29 is 9.21 Å². The molecule has 7 nitrogen and oxygen atoms in total. The van der Waals surface area contributed by atoms with Crippen molar-refractivity contribution in [1.29, 1.82) is 0 Å². The van der Waals surface area contributed by atoms with Crippen molar-refractivity contribution >= 4 is 30.7 Å². The molecular formula is C19H26Cl2N4O3. The molecule has 2 aliphatic rings. The number of amides is 1. The van der Waals surface area contributed by atoms with Gasteiger partial charge < -0.3 is 19.6 Å². The molecule has 1 atom stereocenters. The number of aromatic nitrogens is 2. The van der Waals surface area contributed by atoms with Crippen LogP contribution in [0.5, 0.6) is 0 Å². The van der Waals surface area contributed by atoms with Gasteiger partial charge in [0, 0.05) is 25.4 Å². The van der Waals surface area contributed by atoms with Gasteiger partial charge in [-0.25, -0.2) is 9.78 Å². The molecule has 4 heterocycles. The van der Waals surface area contributed by atoms with Gasteiger partial charge in [-0.05, 0) is 44.9 Å². The number of H-pyrrole nitrogens is 1. The van der Waals surface area contributed by atoms with E-state index in [1.165, 1.54) is 0 Å². The van der Waals surface area contributed by atoms with E-state index < -0.39 is 5.63 Å². The molecule has 0 aromatic carbocycles. The van der Waals surface area contributed by atoms with Crippen molar-refractivity contribution in [2.45, 2.75) is 45.6 Å². The molecule has 0 spiro atoms. The Kier molecular flexibility index (Phi) is 7.31. The van der Waals surface area contributed by atoms with E-state index in [0.717, 1.165) is 43.1 Å². The average Bonchev–Trinajstić information content (AvgIpc) is 3.00. The summed E-state index contributed by atoms with van der Waals surface area (Å²) in [5, 5.41) is 3.33. The second-order valence-corrected chi connectivity index (χ2v) is 7.26. The number of aromatic amines is 1. The standard InChI is InChI=1S/C19H24N4O3.2ClH/c1-11-8-16(13-4-3-6-20-9-13)26-19(25)17(11)18(24)23-7-5-14-15(10-23)22-12(2)21-14;;/h8,13,20H,3-7,9-10H2,1-2H3,(H,21,22);2*1H. The number of nitrogens with one attached hydrogen (secondary N) is 2. The Morgan fingerprint density at radius 2 is 2.11 bits per heavy atom. The monoisotopic (exact) mass is 428 g/mol. The van der Waals surface area contributed by atoms with Crippen LogP contribution in [0.2, 0.25) is 0 Å². The van der Waals surface area contributed by atoms with Crippen LogP contribution in [0.15, 0.2) is 15.3 Å². The van der Waals surface area contributed by atoms with E-state index >= 15 is 0 Å². The predicted octanol–water partition coefficient (Wildman–Crippen LogP) is 2.49. The van der Waals surface area contributed by atoms with Gasteiger partial charge in [-0.15, -0.1) is 24.8 Å². The van der Waals surface area contributed by atoms with Crippen LogP contribution in [-0.4, -0.2) is 40.4 Å². The van der Waals surface area contributed by atoms with Gasteiger partial charge in [-0.3, -0.25) is 4.79 Å². The zero-order chi connectivity index (χ0) is 18.3. The fourth-order valence-electron chi connectivity index (χ4n) is 3.95. The van der Waals surface area contributed by atoms with E-state index in [1.54, 1.807) is 4.90 Å². The summed E-state index contributed by atoms with van der Waals surface area (Å²) in [6, 6.07) is 1.86. The number of imidazole rings is 1. The summed E-state index contributed by atoms with van der Waals surface area (Å²) in [6.07, 6.45) is 2.76. The molecule has 1 unspecified atom stereocenters. The van der Waals surface area contributed by atoms with Crippen molar-refractivity contribution in [1.82, 2.24) is 20.2 Å². The van der Waals surface area contributed by atoms with Gasteiger partial charge in [0.25, 0.3) is 5.91 Å². The van der Waals surface area contributed by atoms with E-state index in [1.807, 2.05) is 19.9 Å². The summed E-state index contributed by atoms with van der Waals surface area (Å²) in [4.78, 5) is 34.9. The first kappa shape index (κ1) is 22.5. The van der Waals surface area contributed by atoms with E-state index in [9.17, 15) is 9.59 Å². The van der Waals surface area contributed by atoms with Gasteiger partial charge >= 0.3 is 5.63 Å². The van der Waals surface area contributed by atoms with Gasteiger partial charge in [0.15, 0.2) is 0 Å². The summed E-state index contributed by atoms with van der Waals surface area (Å²) in [7, 11) is 0. The molecule has 2 N–H and O–H groups in total. The first-order valence-electron chi connectivity index (χ1n) is 9.22. The summed E-state index contributed by atoms with van der Waals surface area (Å²) in [6.45, 7) is 6.54. The van der Waals surface area contributed by atoms with Crippen molar-refractivity contribution in [2.24, 2.45) is 0 Å². The maximum absolute atomic E-state index is 13.0. The molecule has 2 aromatic rings. The SMILES string of the molecule is Cc1nc2c([nH]1)CN(C(=O)c1c(C)cc(C3CCCNC3)oc1=O)CC2.Cl.Cl. The second kappa shape index (κ2) is 9.11. The molecule has 0 radical (unpaired) electrons. The van der Waals surface area contributed by atoms with Crippen molar-refractivity contribution in [2.75, 3.05) is 19.6 Å². The molecule has 1 saturated heterocycles. The molecule has 0 saturated carbocycles. The van der Waals surface area contributed by atoms with E-state index in [2.05, 4.69) is 15.3 Å². The van der Waals surface area contributed by atoms with Crippen LogP contribution in [0, 0.1) is 13.8 Å². The largest absolute Gasteiger partial charge is 0.427 e. The van der Waals surface area contributed by atoms with Crippen LogP contribution in [0.25, 0.3) is 0 Å². The van der Waals surface area contributed by atoms with Gasteiger partial charge in [0.2, 0.25) is 0 Å². The fourth-order valence-corrected chi connectivity index (χ4v) is 3.95. The molecule has 1 fully saturated rings. The number of rotatable bonds is 2. The minimum Gasteiger partial charge on any atom is -0.427 e. The zero-order valence-corrected chi connectivity index (χ0v) is 17.7. The lowest BCUT2D eigenvalue weighted by atomic mass is 9.95. The molecule has 2 aromatic heterocycles. The third-order valence-electron chi connectivity index (χ3n) is 5.32. The molecule has 28 heavy (non-hydrogen) atoms. The highest BCUT2D eigenvalue weighted by Gasteiger charge is 2.28. The van der Waals surface area contributed by atoms with Crippen molar-refractivity contribution in [3.8, 4) is 0 Å². The second-order valence-electron chi connectivity index (χ2n) is 7.26. The predicted molar refractivity (Wildman–Crippen MR) is 111 cm³/mol. The van der Waals surface area contributed by atoms with Crippen molar-refractivity contribution in [3.63, 3.8) is 0 Å². The molecular weight excluding hydrogens is 403 g/mol. The Hall–Kier alpha value is -1.83. The van der Waals surface area contributed by atoms with E-state index in [0.29, 0.717) is 30.8 Å². The maximum atomic E-state index is 13.0. The quantitative estimate of drug-likeness (QED) is 0.766. The number of aryl methyl sites for hydroxylation is 2. The lowest BCUT2D eigenvalue weighted by Crippen LogP contribution is -2.39. The van der Waals surface area contributed by atoms with Crippen LogP contribution in [0.4, 0.5) is 0 Å². The molecule has 1 amide bonds. The van der Waals surface area contributed by atoms with Gasteiger partial charge in [-0.2, -0.15) is 0 Å². The minimum absolute atomic E-state index is 0. The number of carbonyl (C=O) groups excluding carboxylic acids is 1. The number of fused-ring (bicyclic) bond motifs is 1. The number of hydrogen-bond acceptors (Lipinski definition) is 5. The van der Waals surface area contributed by atoms with Gasteiger partial charge in [-0.1, -0.05) is 0 Å². The Bertz CT molecular complexity index is 903. The Morgan fingerprint density at radius 1 is 1.32 bits per heavy atom. The third-order valence-corrected chi connectivity index (χ3v) is 5.32. The highest BCUT2D eigenvalue weighted by atomic mass is 35.5. The summed E-state index contributed by atoms with van der Waals surface area (Å²) in [5.74, 6) is 1.47. The molecule has 4 rings (SSSR count). The number of piperidine rings is 1. The molecule has 2 aliphatic heterocycles. The number of halogens is 2. The maximum Gasteiger partial charge on any atom is 0.349 e. The number of carbonyl (C=O) groups is 1. The van der Waals surface area contributed by atoms with Gasteiger partial charge in [0.05, 0.1) is 17.9 Å². The summed E-state index contributed by atoms with van der Waals surface area (Å²) >= 11 is 0. The normalized spacial score (nSPS) is 18.6. The fraction of sp³-hybridized carbons (Fsp3) is 0.526. The van der Waals surface area contributed by atoms with E-state index in [4.69, 9.17) is 4.42 Å². The van der Waals surface area contributed by atoms with Crippen LogP contribution >= 0.6 is 24.8 Å². The molecule has 9 heteroatoms. The topological polar surface area (TPSA) is 91.2 Å². The smallest absolute Gasteiger partial charge is 0.349 e. The lowest BCUT2D eigenvalue weighted by Gasteiger charge is -2.27. The van der Waals surface area contributed by atoms with Crippen LogP contribution in [-0.2, 0) is 13.0 Å². The Balaban J connectivity index is 0.00000140. The first-order valence-corrected chi connectivity index (χ1v) is 9.22. The van der Waals surface area contributed by atoms with Crippen LogP contribution in [0.1, 0.15) is 57.7 Å². The zero-order valence-electron chi connectivity index (χ0n) is 16.0. The minimum atomic E-state index is -0.526. The van der Waals surface area contributed by atoms with E-state index in [-0.39, 0.29) is 42.2 Å². The van der Waals surface area contributed by atoms with Gasteiger partial charge in [0.1, 0.15) is 17.1 Å². The Labute approximate surface area is 176 Å². The summed E-state index contributed by atoms with van der Waals surface area (Å²) < 4.78 is 5.55. The first-order chi connectivity index (χ1) is 12.5. The van der Waals surface area contributed by atoms with Crippen LogP contribution < -0.4 is 10.9 Å². The van der Waals surface area contributed by atoms with Crippen molar-refractivity contribution in [3.05, 3.63) is 50.6 Å². The summed E-state index contributed by atoms with van der Waals surface area (Å²) in [5.41, 5.74) is 2.28. The third kappa shape index (κ3) is 4.26. The lowest BCUT2D eigenvalue weighted by molar-refractivity contribution is 0.0725. The van der Waals surface area contributed by atoms with Crippen LogP contribution in [0.3, 0.4) is 0 Å². The number of nitrogens with zero attached hydrogens (tertiary/aromatic N) is 2.